The molecule has 0 spiro atoms. The first-order valence-electron chi connectivity index (χ1n) is 8.59. The van der Waals surface area contributed by atoms with E-state index >= 15 is 0 Å². The number of amides is 2. The van der Waals surface area contributed by atoms with Crippen LogP contribution < -0.4 is 11.1 Å². The topological polar surface area (TPSA) is 125 Å². The van der Waals surface area contributed by atoms with E-state index in [1.807, 2.05) is 5.32 Å². The predicted octanol–water partition coefficient (Wildman–Crippen LogP) is 1.91. The van der Waals surface area contributed by atoms with Gasteiger partial charge in [0.2, 0.25) is 5.91 Å². The number of carbonyl (C=O) groups excluding carboxylic acids is 4. The molecule has 32 heavy (non-hydrogen) atoms. The van der Waals surface area contributed by atoms with Gasteiger partial charge in [0.05, 0.1) is 25.3 Å². The molecule has 1 aromatic rings. The number of ether oxygens (including phenoxy) is 2. The van der Waals surface area contributed by atoms with Crippen molar-refractivity contribution < 1.29 is 55.0 Å². The fourth-order valence-corrected chi connectivity index (χ4v) is 2.74. The maximum absolute atomic E-state index is 13.0. The van der Waals surface area contributed by atoms with Gasteiger partial charge in [0.25, 0.3) is 5.91 Å². The molecule has 0 aliphatic rings. The van der Waals surface area contributed by atoms with Crippen LogP contribution in [0.5, 0.6) is 0 Å². The fourth-order valence-electron chi connectivity index (χ4n) is 2.74. The van der Waals surface area contributed by atoms with Crippen molar-refractivity contribution in [3.8, 4) is 0 Å². The van der Waals surface area contributed by atoms with E-state index in [9.17, 15) is 45.5 Å². The Morgan fingerprint density at radius 2 is 1.28 bits per heavy atom. The van der Waals surface area contributed by atoms with Crippen molar-refractivity contribution in [2.75, 3.05) is 14.2 Å². The second-order valence-electron chi connectivity index (χ2n) is 6.53. The van der Waals surface area contributed by atoms with Crippen LogP contribution in [0.4, 0.5) is 26.3 Å². The Morgan fingerprint density at radius 3 is 1.59 bits per heavy atom. The van der Waals surface area contributed by atoms with E-state index in [1.165, 1.54) is 0 Å². The minimum atomic E-state index is -5.21. The zero-order chi connectivity index (χ0) is 25.0. The van der Waals surface area contributed by atoms with Crippen LogP contribution in [0.1, 0.15) is 28.4 Å². The molecule has 0 aliphatic carbocycles. The Hall–Kier alpha value is -3.32. The van der Waals surface area contributed by atoms with Gasteiger partial charge in [-0.1, -0.05) is 6.92 Å². The second-order valence-corrected chi connectivity index (χ2v) is 6.53. The first-order valence-corrected chi connectivity index (χ1v) is 8.59. The van der Waals surface area contributed by atoms with Gasteiger partial charge in [-0.15, -0.1) is 0 Å². The lowest BCUT2D eigenvalue weighted by molar-refractivity contribution is -0.162. The highest BCUT2D eigenvalue weighted by Gasteiger charge is 2.42. The molecule has 2 amide bonds. The van der Waals surface area contributed by atoms with E-state index in [-0.39, 0.29) is 18.2 Å². The molecule has 2 atom stereocenters. The molecule has 0 aliphatic heterocycles. The van der Waals surface area contributed by atoms with Gasteiger partial charge in [-0.3, -0.25) is 19.2 Å². The van der Waals surface area contributed by atoms with Crippen molar-refractivity contribution in [3.63, 3.8) is 0 Å². The van der Waals surface area contributed by atoms with E-state index in [2.05, 4.69) is 9.47 Å². The van der Waals surface area contributed by atoms with Crippen LogP contribution in [0.25, 0.3) is 0 Å². The van der Waals surface area contributed by atoms with Crippen LogP contribution in [0.2, 0.25) is 0 Å². The van der Waals surface area contributed by atoms with Crippen molar-refractivity contribution in [1.29, 1.82) is 0 Å². The number of nitrogens with one attached hydrogen (secondary N) is 1. The standard InChI is InChI=1S/C18H18F6N2O6/c1-7(11(15(29)31-2)16(30)32-3)12(13(25)27)26-14(28)8-4-9(17(19,20)21)6-10(5-8)18(22,23)24/h4-7,11-12H,1-3H3,(H2,25,27)(H,26,28)/t7-,12+/m1/s1. The lowest BCUT2D eigenvalue weighted by Gasteiger charge is -2.27. The summed E-state index contributed by atoms with van der Waals surface area (Å²) in [6.07, 6.45) is -10.4. The summed E-state index contributed by atoms with van der Waals surface area (Å²) in [6.45, 7) is 1.10. The number of rotatable bonds is 7. The van der Waals surface area contributed by atoms with E-state index in [4.69, 9.17) is 5.73 Å². The Balaban J connectivity index is 3.41. The first kappa shape index (κ1) is 26.7. The SMILES string of the molecule is COC(=O)C(C(=O)OC)[C@@H](C)[C@H](NC(=O)c1cc(C(F)(F)F)cc(C(F)(F)F)c1)C(N)=O. The highest BCUT2D eigenvalue weighted by Crippen LogP contribution is 2.36. The van der Waals surface area contributed by atoms with Gasteiger partial charge in [-0.2, -0.15) is 26.3 Å². The molecule has 0 aromatic heterocycles. The number of alkyl halides is 6. The largest absolute Gasteiger partial charge is 0.468 e. The molecular weight excluding hydrogens is 454 g/mol. The average molecular weight is 472 g/mol. The van der Waals surface area contributed by atoms with Crippen LogP contribution in [0.3, 0.4) is 0 Å². The third kappa shape index (κ3) is 6.34. The van der Waals surface area contributed by atoms with Gasteiger partial charge in [-0.05, 0) is 18.2 Å². The van der Waals surface area contributed by atoms with Crippen molar-refractivity contribution in [2.45, 2.75) is 25.3 Å². The fraction of sp³-hybridized carbons (Fsp3) is 0.444. The first-order chi connectivity index (χ1) is 14.5. The summed E-state index contributed by atoms with van der Waals surface area (Å²) in [5.74, 6) is -8.44. The molecule has 0 saturated heterocycles. The highest BCUT2D eigenvalue weighted by molar-refractivity contribution is 5.99. The molecule has 0 heterocycles. The van der Waals surface area contributed by atoms with E-state index in [0.717, 1.165) is 21.1 Å². The normalized spacial score (nSPS) is 13.8. The van der Waals surface area contributed by atoms with E-state index < -0.39 is 70.7 Å². The zero-order valence-electron chi connectivity index (χ0n) is 16.8. The highest BCUT2D eigenvalue weighted by atomic mass is 19.4. The van der Waals surface area contributed by atoms with Gasteiger partial charge in [0.1, 0.15) is 6.04 Å². The van der Waals surface area contributed by atoms with Gasteiger partial charge in [0, 0.05) is 11.5 Å². The van der Waals surface area contributed by atoms with Gasteiger partial charge in [-0.25, -0.2) is 0 Å². The minimum absolute atomic E-state index is 0.144. The van der Waals surface area contributed by atoms with Crippen LogP contribution in [-0.4, -0.2) is 44.0 Å². The van der Waals surface area contributed by atoms with Crippen molar-refractivity contribution in [2.24, 2.45) is 17.6 Å². The summed E-state index contributed by atoms with van der Waals surface area (Å²) in [7, 11) is 1.81. The van der Waals surface area contributed by atoms with Crippen molar-refractivity contribution in [1.82, 2.24) is 5.32 Å². The Bertz CT molecular complexity index is 851. The Labute approximate surface area is 177 Å². The van der Waals surface area contributed by atoms with Crippen LogP contribution in [0.15, 0.2) is 18.2 Å². The van der Waals surface area contributed by atoms with Crippen molar-refractivity contribution in [3.05, 3.63) is 34.9 Å². The Morgan fingerprint density at radius 1 is 0.875 bits per heavy atom. The third-order valence-corrected chi connectivity index (χ3v) is 4.40. The third-order valence-electron chi connectivity index (χ3n) is 4.40. The van der Waals surface area contributed by atoms with Crippen LogP contribution in [0, 0.1) is 11.8 Å². The average Bonchev–Trinajstić information content (AvgIpc) is 2.69. The quantitative estimate of drug-likeness (QED) is 0.355. The number of benzene rings is 1. The molecule has 14 heteroatoms. The van der Waals surface area contributed by atoms with Crippen LogP contribution in [-0.2, 0) is 36.2 Å². The lowest BCUT2D eigenvalue weighted by Crippen LogP contribution is -2.52. The molecule has 0 saturated carbocycles. The summed E-state index contributed by atoms with van der Waals surface area (Å²) < 4.78 is 86.9. The molecule has 0 fully saturated rings. The number of hydrogen-bond donors (Lipinski definition) is 2. The number of carbonyl (C=O) groups is 4. The summed E-state index contributed by atoms with van der Waals surface area (Å²) in [5.41, 5.74) is 0.559. The van der Waals surface area contributed by atoms with Gasteiger partial charge in [0.15, 0.2) is 5.92 Å². The number of methoxy groups -OCH3 is 2. The number of nitrogens with two attached hydrogens (primary N) is 1. The maximum atomic E-state index is 13.0. The Kier molecular flexibility index (Phi) is 8.24. The summed E-state index contributed by atoms with van der Waals surface area (Å²) in [4.78, 5) is 48.1. The number of primary amides is 1. The minimum Gasteiger partial charge on any atom is -0.468 e. The molecule has 3 N–H and O–H groups in total. The zero-order valence-corrected chi connectivity index (χ0v) is 16.8. The molecule has 0 radical (unpaired) electrons. The van der Waals surface area contributed by atoms with Gasteiger partial charge >= 0.3 is 24.3 Å². The van der Waals surface area contributed by atoms with Crippen molar-refractivity contribution >= 4 is 23.8 Å². The molecule has 1 rings (SSSR count). The molecule has 8 nitrogen and oxygen atoms in total. The summed E-state index contributed by atoms with van der Waals surface area (Å²) in [5, 5.41) is 1.86. The number of esters is 2. The molecular formula is C18H18F6N2O6. The molecule has 1 aromatic carbocycles. The summed E-state index contributed by atoms with van der Waals surface area (Å²) in [6, 6.07) is -1.76. The van der Waals surface area contributed by atoms with E-state index in [0.29, 0.717) is 0 Å². The molecule has 0 unspecified atom stereocenters. The lowest BCUT2D eigenvalue weighted by atomic mass is 9.86. The number of hydrogen-bond acceptors (Lipinski definition) is 6. The smallest absolute Gasteiger partial charge is 0.416 e. The monoisotopic (exact) mass is 472 g/mol. The molecule has 0 bridgehead atoms. The second kappa shape index (κ2) is 9.87. The van der Waals surface area contributed by atoms with Gasteiger partial charge < -0.3 is 20.5 Å². The molecule has 178 valence electrons. The maximum Gasteiger partial charge on any atom is 0.416 e. The summed E-state index contributed by atoms with van der Waals surface area (Å²) >= 11 is 0. The van der Waals surface area contributed by atoms with E-state index in [1.54, 1.807) is 0 Å². The number of halogens is 6. The van der Waals surface area contributed by atoms with Crippen LogP contribution >= 0.6 is 0 Å². The predicted molar refractivity (Wildman–Crippen MR) is 93.6 cm³/mol.